The van der Waals surface area contributed by atoms with E-state index in [2.05, 4.69) is 36.9 Å². The predicted octanol–water partition coefficient (Wildman–Crippen LogP) is 3.15. The molecule has 86 valence electrons. The summed E-state index contributed by atoms with van der Waals surface area (Å²) in [6, 6.07) is 10.9. The molecule has 1 aromatic rings. The molecule has 2 nitrogen and oxygen atoms in total. The summed E-state index contributed by atoms with van der Waals surface area (Å²) in [5.41, 5.74) is 2.52. The Bertz CT molecular complexity index is 377. The van der Waals surface area contributed by atoms with Crippen molar-refractivity contribution < 1.29 is 0 Å². The van der Waals surface area contributed by atoms with Crippen LogP contribution in [0.25, 0.3) is 0 Å². The Morgan fingerprint density at radius 2 is 1.94 bits per heavy atom. The summed E-state index contributed by atoms with van der Waals surface area (Å²) in [4.78, 5) is 2.14. The Balaban J connectivity index is 3.13. The van der Waals surface area contributed by atoms with Gasteiger partial charge < -0.3 is 4.90 Å². The van der Waals surface area contributed by atoms with Crippen LogP contribution in [0.1, 0.15) is 30.5 Å². The highest BCUT2D eigenvalue weighted by Gasteiger charge is 2.24. The van der Waals surface area contributed by atoms with Crippen LogP contribution in [0.15, 0.2) is 24.3 Å². The van der Waals surface area contributed by atoms with E-state index in [-0.39, 0.29) is 12.0 Å². The minimum absolute atomic E-state index is 0.0519. The first-order valence-corrected chi connectivity index (χ1v) is 5.73. The molecule has 1 rings (SSSR count). The maximum Gasteiger partial charge on any atom is 0.0675 e. The van der Waals surface area contributed by atoms with E-state index < -0.39 is 0 Å². The van der Waals surface area contributed by atoms with Gasteiger partial charge in [0.05, 0.1) is 18.0 Å². The molecule has 0 aliphatic heterocycles. The fourth-order valence-corrected chi connectivity index (χ4v) is 2.16. The zero-order valence-corrected chi connectivity index (χ0v) is 10.6. The minimum Gasteiger partial charge on any atom is -0.301 e. The molecule has 0 saturated heterocycles. The topological polar surface area (TPSA) is 27.0 Å². The third-order valence-corrected chi connectivity index (χ3v) is 3.05. The van der Waals surface area contributed by atoms with E-state index in [1.807, 2.05) is 26.2 Å². The second-order valence-electron chi connectivity index (χ2n) is 4.41. The van der Waals surface area contributed by atoms with Gasteiger partial charge in [0.15, 0.2) is 0 Å². The quantitative estimate of drug-likeness (QED) is 0.773. The molecule has 2 atom stereocenters. The zero-order valence-electron chi connectivity index (χ0n) is 10.6. The van der Waals surface area contributed by atoms with E-state index in [0.29, 0.717) is 0 Å². The van der Waals surface area contributed by atoms with Crippen molar-refractivity contribution in [3.05, 3.63) is 35.4 Å². The molecule has 0 fully saturated rings. The second kappa shape index (κ2) is 5.67. The van der Waals surface area contributed by atoms with Gasteiger partial charge in [-0.2, -0.15) is 5.26 Å². The van der Waals surface area contributed by atoms with E-state index >= 15 is 0 Å². The SMILES string of the molecule is CCC(C#N)C(c1ccccc1C)N(C)C. The third-order valence-electron chi connectivity index (χ3n) is 3.05. The van der Waals surface area contributed by atoms with Crippen molar-refractivity contribution in [2.45, 2.75) is 26.3 Å². The van der Waals surface area contributed by atoms with Gasteiger partial charge in [-0.15, -0.1) is 0 Å². The lowest BCUT2D eigenvalue weighted by molar-refractivity contribution is 0.240. The van der Waals surface area contributed by atoms with Gasteiger partial charge >= 0.3 is 0 Å². The first-order chi connectivity index (χ1) is 7.61. The molecule has 0 heterocycles. The zero-order chi connectivity index (χ0) is 12.1. The van der Waals surface area contributed by atoms with Crippen LogP contribution in [0.5, 0.6) is 0 Å². The lowest BCUT2D eigenvalue weighted by Crippen LogP contribution is -2.27. The summed E-state index contributed by atoms with van der Waals surface area (Å²) >= 11 is 0. The number of benzene rings is 1. The number of nitrogens with zero attached hydrogens (tertiary/aromatic N) is 2. The minimum atomic E-state index is 0.0519. The molecule has 0 radical (unpaired) electrons. The van der Waals surface area contributed by atoms with Gasteiger partial charge in [-0.25, -0.2) is 0 Å². The van der Waals surface area contributed by atoms with Crippen molar-refractivity contribution in [2.75, 3.05) is 14.1 Å². The average molecular weight is 216 g/mol. The first-order valence-electron chi connectivity index (χ1n) is 5.73. The fourth-order valence-electron chi connectivity index (χ4n) is 2.16. The Morgan fingerprint density at radius 3 is 2.38 bits per heavy atom. The average Bonchev–Trinajstić information content (AvgIpc) is 2.27. The second-order valence-corrected chi connectivity index (χ2v) is 4.41. The molecule has 0 N–H and O–H groups in total. The highest BCUT2D eigenvalue weighted by Crippen LogP contribution is 2.30. The van der Waals surface area contributed by atoms with Gasteiger partial charge in [-0.3, -0.25) is 0 Å². The summed E-state index contributed by atoms with van der Waals surface area (Å²) in [5.74, 6) is 0.0519. The smallest absolute Gasteiger partial charge is 0.0675 e. The van der Waals surface area contributed by atoms with Gasteiger partial charge in [0.1, 0.15) is 0 Å². The molecule has 16 heavy (non-hydrogen) atoms. The summed E-state index contributed by atoms with van der Waals surface area (Å²) in [6.45, 7) is 4.18. The molecule has 0 amide bonds. The lowest BCUT2D eigenvalue weighted by atomic mass is 9.89. The molecule has 0 aliphatic carbocycles. The molecule has 2 unspecified atom stereocenters. The van der Waals surface area contributed by atoms with Gasteiger partial charge in [0.2, 0.25) is 0 Å². The van der Waals surface area contributed by atoms with Crippen molar-refractivity contribution in [3.8, 4) is 6.07 Å². The normalized spacial score (nSPS) is 14.5. The number of hydrogen-bond donors (Lipinski definition) is 0. The van der Waals surface area contributed by atoms with Gasteiger partial charge in [0.25, 0.3) is 0 Å². The van der Waals surface area contributed by atoms with Crippen LogP contribution in [0.3, 0.4) is 0 Å². The maximum absolute atomic E-state index is 9.22. The summed E-state index contributed by atoms with van der Waals surface area (Å²) in [6.07, 6.45) is 0.883. The van der Waals surface area contributed by atoms with Crippen molar-refractivity contribution in [1.82, 2.24) is 4.90 Å². The third kappa shape index (κ3) is 2.62. The van der Waals surface area contributed by atoms with Crippen LogP contribution in [0.2, 0.25) is 0 Å². The van der Waals surface area contributed by atoms with Crippen LogP contribution in [0.4, 0.5) is 0 Å². The van der Waals surface area contributed by atoms with E-state index in [0.717, 1.165) is 6.42 Å². The highest BCUT2D eigenvalue weighted by molar-refractivity contribution is 5.30. The number of rotatable bonds is 4. The molecule has 0 saturated carbocycles. The Labute approximate surface area is 98.5 Å². The maximum atomic E-state index is 9.22. The molecule has 0 aliphatic rings. The largest absolute Gasteiger partial charge is 0.301 e. The molecule has 0 aromatic heterocycles. The Morgan fingerprint density at radius 1 is 1.31 bits per heavy atom. The van der Waals surface area contributed by atoms with E-state index in [9.17, 15) is 5.26 Å². The highest BCUT2D eigenvalue weighted by atomic mass is 15.1. The lowest BCUT2D eigenvalue weighted by Gasteiger charge is -2.29. The van der Waals surface area contributed by atoms with Crippen LogP contribution < -0.4 is 0 Å². The van der Waals surface area contributed by atoms with Gasteiger partial charge in [0, 0.05) is 0 Å². The van der Waals surface area contributed by atoms with Crippen LogP contribution in [-0.2, 0) is 0 Å². The van der Waals surface area contributed by atoms with E-state index in [1.54, 1.807) is 0 Å². The van der Waals surface area contributed by atoms with Crippen molar-refractivity contribution in [2.24, 2.45) is 5.92 Å². The van der Waals surface area contributed by atoms with Gasteiger partial charge in [-0.1, -0.05) is 31.2 Å². The van der Waals surface area contributed by atoms with Gasteiger partial charge in [-0.05, 0) is 38.6 Å². The summed E-state index contributed by atoms with van der Waals surface area (Å²) in [5, 5.41) is 9.22. The molecule has 0 spiro atoms. The predicted molar refractivity (Wildman–Crippen MR) is 67.0 cm³/mol. The monoisotopic (exact) mass is 216 g/mol. The fraction of sp³-hybridized carbons (Fsp3) is 0.500. The van der Waals surface area contributed by atoms with Crippen LogP contribution >= 0.6 is 0 Å². The van der Waals surface area contributed by atoms with Crippen LogP contribution in [0, 0.1) is 24.2 Å². The first kappa shape index (κ1) is 12.7. The molecule has 0 bridgehead atoms. The molecule has 1 aromatic carbocycles. The standard InChI is InChI=1S/C14H20N2/c1-5-12(10-15)14(16(3)4)13-9-7-6-8-11(13)2/h6-9,12,14H,5H2,1-4H3. The Kier molecular flexibility index (Phi) is 4.52. The Hall–Kier alpha value is -1.33. The number of aryl methyl sites for hydroxylation is 1. The van der Waals surface area contributed by atoms with E-state index in [4.69, 9.17) is 0 Å². The van der Waals surface area contributed by atoms with Crippen molar-refractivity contribution >= 4 is 0 Å². The van der Waals surface area contributed by atoms with Crippen LogP contribution in [-0.4, -0.2) is 19.0 Å². The van der Waals surface area contributed by atoms with Crippen molar-refractivity contribution in [3.63, 3.8) is 0 Å². The number of nitriles is 1. The van der Waals surface area contributed by atoms with E-state index in [1.165, 1.54) is 11.1 Å². The summed E-state index contributed by atoms with van der Waals surface area (Å²) < 4.78 is 0. The molecular weight excluding hydrogens is 196 g/mol. The number of hydrogen-bond acceptors (Lipinski definition) is 2. The molecule has 2 heteroatoms. The molecular formula is C14H20N2. The van der Waals surface area contributed by atoms with Crippen molar-refractivity contribution in [1.29, 1.82) is 5.26 Å². The summed E-state index contributed by atoms with van der Waals surface area (Å²) in [7, 11) is 4.08.